The molecule has 4 heteroatoms. The molecule has 0 aromatic heterocycles. The largest absolute Gasteiger partial charge is 0.215 e. The van der Waals surface area contributed by atoms with Crippen molar-refractivity contribution in [2.45, 2.75) is 44.4 Å². The van der Waals surface area contributed by atoms with E-state index in [0.29, 0.717) is 6.54 Å². The van der Waals surface area contributed by atoms with Gasteiger partial charge in [-0.2, -0.15) is 0 Å². The van der Waals surface area contributed by atoms with Gasteiger partial charge in [-0.15, -0.1) is 0 Å². The molecule has 0 amide bonds. The van der Waals surface area contributed by atoms with Gasteiger partial charge in [0, 0.05) is 6.54 Å². The van der Waals surface area contributed by atoms with Crippen LogP contribution in [0.4, 0.5) is 0 Å². The van der Waals surface area contributed by atoms with Crippen LogP contribution in [0.5, 0.6) is 0 Å². The lowest BCUT2D eigenvalue weighted by Gasteiger charge is -2.22. The van der Waals surface area contributed by atoms with E-state index in [2.05, 4.69) is 29.0 Å². The van der Waals surface area contributed by atoms with Crippen molar-refractivity contribution in [2.75, 3.05) is 12.8 Å². The zero-order chi connectivity index (χ0) is 13.7. The summed E-state index contributed by atoms with van der Waals surface area (Å²) in [7, 11) is -3.07. The van der Waals surface area contributed by atoms with E-state index < -0.39 is 10.0 Å². The van der Waals surface area contributed by atoms with Crippen molar-refractivity contribution in [3.05, 3.63) is 35.4 Å². The van der Waals surface area contributed by atoms with E-state index in [0.717, 1.165) is 12.3 Å². The highest BCUT2D eigenvalue weighted by molar-refractivity contribution is 7.88. The van der Waals surface area contributed by atoms with Crippen molar-refractivity contribution in [3.63, 3.8) is 0 Å². The number of hydrogen-bond donors (Lipinski definition) is 1. The summed E-state index contributed by atoms with van der Waals surface area (Å²) in [5.41, 5.74) is 2.63. The summed E-state index contributed by atoms with van der Waals surface area (Å²) in [6, 6.07) is 8.69. The maximum atomic E-state index is 11.0. The molecule has 0 atom stereocenters. The molecule has 0 spiro atoms. The molecule has 0 heterocycles. The second-order valence-electron chi connectivity index (χ2n) is 5.49. The van der Waals surface area contributed by atoms with E-state index in [9.17, 15) is 8.42 Å². The van der Waals surface area contributed by atoms with Gasteiger partial charge in [0.1, 0.15) is 0 Å². The van der Waals surface area contributed by atoms with Gasteiger partial charge in [-0.25, -0.2) is 13.1 Å². The fourth-order valence-electron chi connectivity index (χ4n) is 2.77. The molecule has 106 valence electrons. The maximum absolute atomic E-state index is 11.0. The lowest BCUT2D eigenvalue weighted by Crippen LogP contribution is -2.24. The first kappa shape index (κ1) is 14.5. The van der Waals surface area contributed by atoms with Gasteiger partial charge >= 0.3 is 0 Å². The first-order valence-corrected chi connectivity index (χ1v) is 8.97. The monoisotopic (exact) mass is 281 g/mol. The van der Waals surface area contributed by atoms with Gasteiger partial charge in [-0.3, -0.25) is 0 Å². The Morgan fingerprint density at radius 3 is 2.32 bits per heavy atom. The molecule has 0 saturated heterocycles. The number of benzene rings is 1. The van der Waals surface area contributed by atoms with E-state index >= 15 is 0 Å². The average molecular weight is 281 g/mol. The minimum absolute atomic E-state index is 0.474. The molecule has 0 bridgehead atoms. The summed E-state index contributed by atoms with van der Waals surface area (Å²) in [5, 5.41) is 0. The summed E-state index contributed by atoms with van der Waals surface area (Å²) in [4.78, 5) is 0. The lowest BCUT2D eigenvalue weighted by molar-refractivity contribution is 0.443. The van der Waals surface area contributed by atoms with Gasteiger partial charge in [0.15, 0.2) is 0 Å². The Morgan fingerprint density at radius 1 is 1.11 bits per heavy atom. The number of sulfonamides is 1. The fourth-order valence-corrected chi connectivity index (χ4v) is 3.25. The molecule has 0 radical (unpaired) electrons. The number of nitrogens with one attached hydrogen (secondary N) is 1. The Kier molecular flexibility index (Phi) is 4.99. The Morgan fingerprint density at radius 2 is 1.74 bits per heavy atom. The molecule has 0 unspecified atom stereocenters. The van der Waals surface area contributed by atoms with Gasteiger partial charge in [-0.05, 0) is 36.3 Å². The standard InChI is InChI=1S/C15H23NO2S/c1-19(17,18)16-12-11-13-7-9-15(10-8-13)14-5-3-2-4-6-14/h7-10,14,16H,2-6,11-12H2,1H3. The molecule has 1 fully saturated rings. The SMILES string of the molecule is CS(=O)(=O)NCCc1ccc(C2CCCCC2)cc1. The van der Waals surface area contributed by atoms with Crippen LogP contribution in [0.2, 0.25) is 0 Å². The van der Waals surface area contributed by atoms with Gasteiger partial charge in [0.05, 0.1) is 6.26 Å². The molecular formula is C15H23NO2S. The first-order valence-electron chi connectivity index (χ1n) is 7.08. The van der Waals surface area contributed by atoms with Gasteiger partial charge in [0.2, 0.25) is 10.0 Å². The van der Waals surface area contributed by atoms with Crippen LogP contribution >= 0.6 is 0 Å². The predicted molar refractivity (Wildman–Crippen MR) is 78.8 cm³/mol. The predicted octanol–water partition coefficient (Wildman–Crippen LogP) is 2.83. The van der Waals surface area contributed by atoms with E-state index in [1.807, 2.05) is 0 Å². The van der Waals surface area contributed by atoms with Crippen molar-refractivity contribution in [3.8, 4) is 0 Å². The quantitative estimate of drug-likeness (QED) is 0.902. The zero-order valence-corrected chi connectivity index (χ0v) is 12.4. The van der Waals surface area contributed by atoms with Crippen LogP contribution < -0.4 is 4.72 Å². The van der Waals surface area contributed by atoms with Crippen LogP contribution in [-0.2, 0) is 16.4 Å². The molecule has 1 saturated carbocycles. The van der Waals surface area contributed by atoms with Crippen LogP contribution in [0.25, 0.3) is 0 Å². The lowest BCUT2D eigenvalue weighted by atomic mass is 9.84. The molecular weight excluding hydrogens is 258 g/mol. The average Bonchev–Trinajstić information content (AvgIpc) is 2.39. The van der Waals surface area contributed by atoms with Crippen LogP contribution in [0.15, 0.2) is 24.3 Å². The Bertz CT molecular complexity index is 487. The van der Waals surface area contributed by atoms with E-state index in [-0.39, 0.29) is 0 Å². The molecule has 0 aliphatic heterocycles. The van der Waals surface area contributed by atoms with Gasteiger partial charge in [-0.1, -0.05) is 43.5 Å². The normalized spacial score (nSPS) is 17.5. The second-order valence-corrected chi connectivity index (χ2v) is 7.33. The topological polar surface area (TPSA) is 46.2 Å². The smallest absolute Gasteiger partial charge is 0.208 e. The third-order valence-electron chi connectivity index (χ3n) is 3.83. The van der Waals surface area contributed by atoms with Crippen LogP contribution in [0.1, 0.15) is 49.1 Å². The number of hydrogen-bond acceptors (Lipinski definition) is 2. The zero-order valence-electron chi connectivity index (χ0n) is 11.6. The summed E-state index contributed by atoms with van der Waals surface area (Å²) >= 11 is 0. The Balaban J connectivity index is 1.87. The van der Waals surface area contributed by atoms with Crippen molar-refractivity contribution >= 4 is 10.0 Å². The molecule has 1 N–H and O–H groups in total. The van der Waals surface area contributed by atoms with Gasteiger partial charge < -0.3 is 0 Å². The van der Waals surface area contributed by atoms with Crippen molar-refractivity contribution in [1.29, 1.82) is 0 Å². The molecule has 1 aromatic rings. The molecule has 19 heavy (non-hydrogen) atoms. The highest BCUT2D eigenvalue weighted by Crippen LogP contribution is 2.32. The number of rotatable bonds is 5. The Labute approximate surface area is 116 Å². The maximum Gasteiger partial charge on any atom is 0.208 e. The molecule has 1 aromatic carbocycles. The molecule has 1 aliphatic carbocycles. The highest BCUT2D eigenvalue weighted by atomic mass is 32.2. The minimum atomic E-state index is -3.07. The van der Waals surface area contributed by atoms with E-state index in [4.69, 9.17) is 0 Å². The van der Waals surface area contributed by atoms with Crippen molar-refractivity contribution in [1.82, 2.24) is 4.72 Å². The van der Waals surface area contributed by atoms with E-state index in [1.54, 1.807) is 0 Å². The highest BCUT2D eigenvalue weighted by Gasteiger charge is 2.14. The third-order valence-corrected chi connectivity index (χ3v) is 4.56. The first-order chi connectivity index (χ1) is 9.04. The van der Waals surface area contributed by atoms with E-state index in [1.165, 1.54) is 49.5 Å². The summed E-state index contributed by atoms with van der Waals surface area (Å²) < 4.78 is 24.5. The Hall–Kier alpha value is -0.870. The second kappa shape index (κ2) is 6.53. The van der Waals surface area contributed by atoms with Gasteiger partial charge in [0.25, 0.3) is 0 Å². The molecule has 2 rings (SSSR count). The van der Waals surface area contributed by atoms with Crippen LogP contribution in [-0.4, -0.2) is 21.2 Å². The molecule has 3 nitrogen and oxygen atoms in total. The van der Waals surface area contributed by atoms with Crippen molar-refractivity contribution in [2.24, 2.45) is 0 Å². The molecule has 1 aliphatic rings. The third kappa shape index (κ3) is 4.96. The van der Waals surface area contributed by atoms with Crippen molar-refractivity contribution < 1.29 is 8.42 Å². The summed E-state index contributed by atoms with van der Waals surface area (Å²) in [6.07, 6.45) is 8.66. The van der Waals surface area contributed by atoms with Crippen LogP contribution in [0, 0.1) is 0 Å². The summed E-state index contributed by atoms with van der Waals surface area (Å²) in [6.45, 7) is 0.474. The van der Waals surface area contributed by atoms with Crippen LogP contribution in [0.3, 0.4) is 0 Å². The fraction of sp³-hybridized carbons (Fsp3) is 0.600. The minimum Gasteiger partial charge on any atom is -0.215 e. The summed E-state index contributed by atoms with van der Waals surface area (Å²) in [5.74, 6) is 0.733.